The van der Waals surface area contributed by atoms with Gasteiger partial charge in [0.15, 0.2) is 11.5 Å². The first kappa shape index (κ1) is 12.6. The lowest BCUT2D eigenvalue weighted by molar-refractivity contribution is 0.168. The van der Waals surface area contributed by atoms with Gasteiger partial charge in [0.2, 0.25) is 0 Å². The molecular weight excluding hydrogens is 236 g/mol. The number of aliphatic hydroxyl groups excluding tert-OH is 1. The number of hydrogen-bond donors (Lipinski definition) is 1. The maximum Gasteiger partial charge on any atom is 0.161 e. The maximum atomic E-state index is 10.2. The van der Waals surface area contributed by atoms with Crippen LogP contribution >= 0.6 is 11.8 Å². The third-order valence-corrected chi connectivity index (χ3v) is 4.32. The van der Waals surface area contributed by atoms with Gasteiger partial charge in [0.25, 0.3) is 0 Å². The number of benzene rings is 1. The summed E-state index contributed by atoms with van der Waals surface area (Å²) >= 11 is 1.86. The first-order chi connectivity index (χ1) is 8.15. The zero-order valence-electron chi connectivity index (χ0n) is 10.4. The van der Waals surface area contributed by atoms with E-state index in [0.29, 0.717) is 11.0 Å². The number of thioether (sulfide) groups is 1. The van der Waals surface area contributed by atoms with Crippen LogP contribution in [0.2, 0.25) is 0 Å². The smallest absolute Gasteiger partial charge is 0.161 e. The third kappa shape index (κ3) is 2.53. The van der Waals surface area contributed by atoms with Gasteiger partial charge in [0.1, 0.15) is 0 Å². The van der Waals surface area contributed by atoms with Crippen molar-refractivity contribution in [3.8, 4) is 11.5 Å². The zero-order chi connectivity index (χ0) is 12.4. The Kier molecular flexibility index (Phi) is 3.84. The lowest BCUT2D eigenvalue weighted by Gasteiger charge is -2.16. The highest BCUT2D eigenvalue weighted by Crippen LogP contribution is 2.40. The molecule has 17 heavy (non-hydrogen) atoms. The fourth-order valence-electron chi connectivity index (χ4n) is 2.11. The molecule has 1 aliphatic heterocycles. The van der Waals surface area contributed by atoms with Crippen LogP contribution in [0.3, 0.4) is 0 Å². The van der Waals surface area contributed by atoms with Crippen molar-refractivity contribution in [2.45, 2.75) is 30.5 Å². The van der Waals surface area contributed by atoms with E-state index in [1.54, 1.807) is 14.2 Å². The van der Waals surface area contributed by atoms with Crippen molar-refractivity contribution in [1.82, 2.24) is 0 Å². The predicted octanol–water partition coefficient (Wildman–Crippen LogP) is 2.76. The summed E-state index contributed by atoms with van der Waals surface area (Å²) < 4.78 is 10.6. The van der Waals surface area contributed by atoms with Gasteiger partial charge in [-0.25, -0.2) is 0 Å². The van der Waals surface area contributed by atoms with E-state index in [-0.39, 0.29) is 0 Å². The van der Waals surface area contributed by atoms with Gasteiger partial charge in [-0.2, -0.15) is 11.8 Å². The highest BCUT2D eigenvalue weighted by atomic mass is 32.2. The normalized spacial score (nSPS) is 23.8. The molecule has 0 amide bonds. The van der Waals surface area contributed by atoms with Gasteiger partial charge in [-0.3, -0.25) is 0 Å². The number of fused-ring (bicyclic) bond motifs is 1. The molecule has 1 aliphatic rings. The summed E-state index contributed by atoms with van der Waals surface area (Å²) in [4.78, 5) is 0. The highest BCUT2D eigenvalue weighted by molar-refractivity contribution is 7.99. The van der Waals surface area contributed by atoms with Crippen molar-refractivity contribution in [3.63, 3.8) is 0 Å². The van der Waals surface area contributed by atoms with E-state index in [1.807, 2.05) is 23.9 Å². The van der Waals surface area contributed by atoms with Crippen LogP contribution < -0.4 is 9.47 Å². The number of hydrogen-bond acceptors (Lipinski definition) is 4. The van der Waals surface area contributed by atoms with E-state index in [4.69, 9.17) is 9.47 Å². The molecule has 1 N–H and O–H groups in total. The summed E-state index contributed by atoms with van der Waals surface area (Å²) in [5.41, 5.74) is 2.11. The van der Waals surface area contributed by atoms with Gasteiger partial charge in [0, 0.05) is 11.0 Å². The average molecular weight is 254 g/mol. The molecule has 1 aromatic rings. The number of methoxy groups -OCH3 is 2. The molecule has 94 valence electrons. The second-order valence-electron chi connectivity index (χ2n) is 4.28. The molecule has 2 rings (SSSR count). The van der Waals surface area contributed by atoms with Crippen molar-refractivity contribution in [1.29, 1.82) is 0 Å². The molecule has 2 atom stereocenters. The van der Waals surface area contributed by atoms with Gasteiger partial charge in [-0.1, -0.05) is 6.92 Å². The third-order valence-electron chi connectivity index (χ3n) is 3.08. The van der Waals surface area contributed by atoms with Crippen LogP contribution in [0.1, 0.15) is 30.6 Å². The largest absolute Gasteiger partial charge is 0.493 e. The molecule has 1 heterocycles. The molecule has 3 nitrogen and oxygen atoms in total. The Hall–Kier alpha value is -0.870. The van der Waals surface area contributed by atoms with Gasteiger partial charge in [-0.05, 0) is 29.7 Å². The second kappa shape index (κ2) is 5.19. The van der Waals surface area contributed by atoms with Gasteiger partial charge >= 0.3 is 0 Å². The van der Waals surface area contributed by atoms with E-state index >= 15 is 0 Å². The molecule has 0 spiro atoms. The van der Waals surface area contributed by atoms with Crippen molar-refractivity contribution in [2.75, 3.05) is 14.2 Å². The summed E-state index contributed by atoms with van der Waals surface area (Å²) in [5.74, 6) is 2.33. The molecule has 0 aliphatic carbocycles. The van der Waals surface area contributed by atoms with Crippen LogP contribution in [0.5, 0.6) is 11.5 Å². The molecule has 1 aromatic carbocycles. The minimum absolute atomic E-state index is 0.408. The standard InChI is InChI=1S/C13H18O3S/c1-8-4-11(14)10-6-13(16-3)12(15-2)5-9(10)7-17-8/h5-6,8,11,14H,4,7H2,1-3H3/t8?,11-/m0/s1. The van der Waals surface area contributed by atoms with Crippen LogP contribution in [0.15, 0.2) is 12.1 Å². The Balaban J connectivity index is 2.45. The van der Waals surface area contributed by atoms with Crippen LogP contribution in [0, 0.1) is 0 Å². The minimum Gasteiger partial charge on any atom is -0.493 e. The molecule has 0 bridgehead atoms. The first-order valence-corrected chi connectivity index (χ1v) is 6.75. The fraction of sp³-hybridized carbons (Fsp3) is 0.538. The van der Waals surface area contributed by atoms with Crippen LogP contribution in [0.4, 0.5) is 0 Å². The van der Waals surface area contributed by atoms with Gasteiger partial charge in [0.05, 0.1) is 20.3 Å². The predicted molar refractivity (Wildman–Crippen MR) is 69.9 cm³/mol. The van der Waals surface area contributed by atoms with E-state index in [2.05, 4.69) is 6.92 Å². The molecule has 0 radical (unpaired) electrons. The topological polar surface area (TPSA) is 38.7 Å². The van der Waals surface area contributed by atoms with Gasteiger partial charge in [-0.15, -0.1) is 0 Å². The summed E-state index contributed by atoms with van der Waals surface area (Å²) in [7, 11) is 3.25. The Bertz CT molecular complexity index is 406. The molecule has 0 fully saturated rings. The molecule has 4 heteroatoms. The first-order valence-electron chi connectivity index (χ1n) is 5.70. The van der Waals surface area contributed by atoms with Crippen molar-refractivity contribution in [2.24, 2.45) is 0 Å². The molecule has 0 saturated carbocycles. The maximum absolute atomic E-state index is 10.2. The second-order valence-corrected chi connectivity index (χ2v) is 5.71. The Labute approximate surface area is 106 Å². The number of ether oxygens (including phenoxy) is 2. The average Bonchev–Trinajstić information content (AvgIpc) is 2.47. The van der Waals surface area contributed by atoms with E-state index < -0.39 is 6.10 Å². The van der Waals surface area contributed by atoms with Crippen molar-refractivity contribution >= 4 is 11.8 Å². The lowest BCUT2D eigenvalue weighted by Crippen LogP contribution is -2.04. The highest BCUT2D eigenvalue weighted by Gasteiger charge is 2.23. The molecule has 0 saturated heterocycles. The quantitative estimate of drug-likeness (QED) is 0.880. The Morgan fingerprint density at radius 1 is 1.24 bits per heavy atom. The Morgan fingerprint density at radius 2 is 1.88 bits per heavy atom. The van der Waals surface area contributed by atoms with Gasteiger partial charge < -0.3 is 14.6 Å². The van der Waals surface area contributed by atoms with Crippen LogP contribution in [-0.4, -0.2) is 24.6 Å². The minimum atomic E-state index is -0.408. The lowest BCUT2D eigenvalue weighted by atomic mass is 9.99. The van der Waals surface area contributed by atoms with E-state index in [1.165, 1.54) is 0 Å². The van der Waals surface area contributed by atoms with E-state index in [9.17, 15) is 5.11 Å². The monoisotopic (exact) mass is 254 g/mol. The SMILES string of the molecule is COc1cc2c(cc1OC)[C@@H](O)CC(C)SC2. The van der Waals surface area contributed by atoms with Crippen LogP contribution in [-0.2, 0) is 5.75 Å². The molecular formula is C13H18O3S. The van der Waals surface area contributed by atoms with Crippen molar-refractivity contribution < 1.29 is 14.6 Å². The number of aliphatic hydroxyl groups is 1. The van der Waals surface area contributed by atoms with Crippen LogP contribution in [0.25, 0.3) is 0 Å². The zero-order valence-corrected chi connectivity index (χ0v) is 11.2. The molecule has 0 aromatic heterocycles. The molecule has 1 unspecified atom stereocenters. The summed E-state index contributed by atoms with van der Waals surface area (Å²) in [6, 6.07) is 3.87. The summed E-state index contributed by atoms with van der Waals surface area (Å²) in [6.07, 6.45) is 0.377. The summed E-state index contributed by atoms with van der Waals surface area (Å²) in [6.45, 7) is 2.15. The van der Waals surface area contributed by atoms with Crippen molar-refractivity contribution in [3.05, 3.63) is 23.3 Å². The fourth-order valence-corrected chi connectivity index (χ4v) is 3.15. The van der Waals surface area contributed by atoms with E-state index in [0.717, 1.165) is 29.1 Å². The number of rotatable bonds is 2. The Morgan fingerprint density at radius 3 is 2.53 bits per heavy atom. The summed E-state index contributed by atoms with van der Waals surface area (Å²) in [5, 5.41) is 10.7.